The van der Waals surface area contributed by atoms with E-state index in [0.717, 1.165) is 25.3 Å². The van der Waals surface area contributed by atoms with E-state index < -0.39 is 0 Å². The highest BCUT2D eigenvalue weighted by atomic mass is 16.3. The first-order valence-corrected chi connectivity index (χ1v) is 7.41. The van der Waals surface area contributed by atoms with E-state index in [1.165, 1.54) is 19.3 Å². The average molecular weight is 274 g/mol. The molecule has 1 saturated heterocycles. The third kappa shape index (κ3) is 2.47. The monoisotopic (exact) mass is 274 g/mol. The minimum Gasteiger partial charge on any atom is -0.324 e. The maximum absolute atomic E-state index is 10.4. The van der Waals surface area contributed by atoms with Gasteiger partial charge in [0.15, 0.2) is 0 Å². The third-order valence-electron chi connectivity index (χ3n) is 4.92. The molecule has 3 atom stereocenters. The molecule has 2 N–H and O–H groups in total. The highest BCUT2D eigenvalue weighted by Crippen LogP contribution is 2.40. The Morgan fingerprint density at radius 3 is 3.10 bits per heavy atom. The topological polar surface area (TPSA) is 71.6 Å². The van der Waals surface area contributed by atoms with E-state index in [1.54, 1.807) is 12.3 Å². The van der Waals surface area contributed by atoms with Gasteiger partial charge < -0.3 is 10.6 Å². The Bertz CT molecular complexity index is 489. The Morgan fingerprint density at radius 2 is 2.45 bits per heavy atom. The summed E-state index contributed by atoms with van der Waals surface area (Å²) < 4.78 is 0. The molecule has 1 aromatic rings. The van der Waals surface area contributed by atoms with E-state index in [2.05, 4.69) is 22.0 Å². The molecule has 1 saturated carbocycles. The highest BCUT2D eigenvalue weighted by molar-refractivity contribution is 5.34. The van der Waals surface area contributed by atoms with Crippen LogP contribution in [0.4, 0.5) is 5.69 Å². The Balaban J connectivity index is 1.62. The number of nitrogens with zero attached hydrogens (tertiary/aromatic N) is 3. The molecule has 0 amide bonds. The molecular formula is C15H22N4O. The Morgan fingerprint density at radius 1 is 1.60 bits per heavy atom. The van der Waals surface area contributed by atoms with E-state index >= 15 is 0 Å². The number of hydrogen-bond acceptors (Lipinski definition) is 5. The summed E-state index contributed by atoms with van der Waals surface area (Å²) in [5, 5.41) is 2.88. The fourth-order valence-corrected chi connectivity index (χ4v) is 3.81. The predicted octanol–water partition coefficient (Wildman–Crippen LogP) is 2.40. The van der Waals surface area contributed by atoms with Crippen LogP contribution in [-0.4, -0.2) is 35.1 Å². The largest absolute Gasteiger partial charge is 0.324 e. The minimum atomic E-state index is 0.0540. The van der Waals surface area contributed by atoms with Gasteiger partial charge in [-0.2, -0.15) is 0 Å². The number of nitrogens with two attached hydrogens (primary N) is 1. The first-order chi connectivity index (χ1) is 9.60. The molecule has 3 rings (SSSR count). The van der Waals surface area contributed by atoms with Crippen LogP contribution in [-0.2, 0) is 0 Å². The van der Waals surface area contributed by atoms with Crippen molar-refractivity contribution >= 4 is 5.69 Å². The van der Waals surface area contributed by atoms with Gasteiger partial charge in [0.05, 0.1) is 6.20 Å². The molecule has 0 radical (unpaired) electrons. The van der Waals surface area contributed by atoms with Gasteiger partial charge in [-0.25, -0.2) is 0 Å². The van der Waals surface area contributed by atoms with E-state index in [1.807, 2.05) is 6.07 Å². The molecule has 2 aliphatic rings. The zero-order chi connectivity index (χ0) is 14.2. The molecule has 108 valence electrons. The molecule has 5 nitrogen and oxygen atoms in total. The van der Waals surface area contributed by atoms with Crippen molar-refractivity contribution in [3.05, 3.63) is 28.9 Å². The molecule has 0 aromatic carbocycles. The summed E-state index contributed by atoms with van der Waals surface area (Å²) in [5.74, 6) is 1.02. The molecule has 0 spiro atoms. The SMILES string of the molecule is C[C@@H](CN1C[C@H]2CCC[C@@]2(N)C1)c1ccc(N=O)cn1. The summed E-state index contributed by atoms with van der Waals surface area (Å²) in [7, 11) is 0. The summed E-state index contributed by atoms with van der Waals surface area (Å²) in [6, 6.07) is 3.63. The van der Waals surface area contributed by atoms with Crippen molar-refractivity contribution in [2.45, 2.75) is 37.6 Å². The number of fused-ring (bicyclic) bond motifs is 1. The minimum absolute atomic E-state index is 0.0540. The van der Waals surface area contributed by atoms with Crippen molar-refractivity contribution < 1.29 is 0 Å². The lowest BCUT2D eigenvalue weighted by Gasteiger charge is -2.24. The van der Waals surface area contributed by atoms with Crippen LogP contribution in [0.2, 0.25) is 0 Å². The van der Waals surface area contributed by atoms with Gasteiger partial charge in [-0.1, -0.05) is 13.3 Å². The molecule has 1 aliphatic heterocycles. The maximum Gasteiger partial charge on any atom is 0.126 e. The standard InChI is InChI=1S/C15H22N4O/c1-11(14-5-4-13(18-20)7-17-14)8-19-9-12-3-2-6-15(12,16)10-19/h4-5,7,11-12H,2-3,6,8-10,16H2,1H3/t11-,12+,15+/m0/s1. The van der Waals surface area contributed by atoms with E-state index in [-0.39, 0.29) is 5.54 Å². The first kappa shape index (κ1) is 13.6. The van der Waals surface area contributed by atoms with Crippen molar-refractivity contribution in [2.75, 3.05) is 19.6 Å². The van der Waals surface area contributed by atoms with E-state index in [0.29, 0.717) is 17.5 Å². The molecular weight excluding hydrogens is 252 g/mol. The van der Waals surface area contributed by atoms with E-state index in [9.17, 15) is 4.91 Å². The zero-order valence-electron chi connectivity index (χ0n) is 12.0. The van der Waals surface area contributed by atoms with Crippen LogP contribution in [0.15, 0.2) is 23.5 Å². The fraction of sp³-hybridized carbons (Fsp3) is 0.667. The summed E-state index contributed by atoms with van der Waals surface area (Å²) >= 11 is 0. The van der Waals surface area contributed by atoms with Gasteiger partial charge in [0.1, 0.15) is 5.69 Å². The molecule has 2 fully saturated rings. The Kier molecular flexibility index (Phi) is 3.56. The van der Waals surface area contributed by atoms with Gasteiger partial charge in [-0.3, -0.25) is 4.98 Å². The summed E-state index contributed by atoms with van der Waals surface area (Å²) in [5.41, 5.74) is 7.96. The molecule has 1 aliphatic carbocycles. The number of pyridine rings is 1. The van der Waals surface area contributed by atoms with Crippen molar-refractivity contribution in [1.82, 2.24) is 9.88 Å². The van der Waals surface area contributed by atoms with Crippen molar-refractivity contribution in [3.63, 3.8) is 0 Å². The fourth-order valence-electron chi connectivity index (χ4n) is 3.81. The molecule has 0 unspecified atom stereocenters. The Labute approximate surface area is 119 Å². The van der Waals surface area contributed by atoms with Crippen LogP contribution < -0.4 is 5.73 Å². The van der Waals surface area contributed by atoms with Gasteiger partial charge in [0, 0.05) is 36.8 Å². The number of rotatable bonds is 4. The lowest BCUT2D eigenvalue weighted by atomic mass is 9.92. The second-order valence-corrected chi connectivity index (χ2v) is 6.45. The third-order valence-corrected chi connectivity index (χ3v) is 4.92. The smallest absolute Gasteiger partial charge is 0.126 e. The highest BCUT2D eigenvalue weighted by Gasteiger charge is 2.46. The quantitative estimate of drug-likeness (QED) is 0.856. The van der Waals surface area contributed by atoms with Crippen LogP contribution in [0.1, 0.15) is 37.8 Å². The summed E-state index contributed by atoms with van der Waals surface area (Å²) in [6.07, 6.45) is 5.27. The van der Waals surface area contributed by atoms with Crippen molar-refractivity contribution in [2.24, 2.45) is 16.8 Å². The van der Waals surface area contributed by atoms with Crippen LogP contribution in [0, 0.1) is 10.8 Å². The molecule has 2 heterocycles. The zero-order valence-corrected chi connectivity index (χ0v) is 12.0. The second kappa shape index (κ2) is 5.22. The molecule has 0 bridgehead atoms. The van der Waals surface area contributed by atoms with Gasteiger partial charge in [-0.15, -0.1) is 4.91 Å². The van der Waals surface area contributed by atoms with Gasteiger partial charge in [-0.05, 0) is 36.1 Å². The first-order valence-electron chi connectivity index (χ1n) is 7.41. The second-order valence-electron chi connectivity index (χ2n) is 6.45. The lowest BCUT2D eigenvalue weighted by Crippen LogP contribution is -2.44. The van der Waals surface area contributed by atoms with Gasteiger partial charge >= 0.3 is 0 Å². The van der Waals surface area contributed by atoms with Crippen LogP contribution in [0.5, 0.6) is 0 Å². The van der Waals surface area contributed by atoms with Gasteiger partial charge in [0.25, 0.3) is 0 Å². The number of aromatic nitrogens is 1. The maximum atomic E-state index is 10.4. The predicted molar refractivity (Wildman–Crippen MR) is 78.8 cm³/mol. The van der Waals surface area contributed by atoms with E-state index in [4.69, 9.17) is 5.73 Å². The number of nitroso groups, excluding NO2 is 1. The van der Waals surface area contributed by atoms with Crippen molar-refractivity contribution in [3.8, 4) is 0 Å². The normalized spacial score (nSPS) is 31.2. The van der Waals surface area contributed by atoms with Gasteiger partial charge in [0.2, 0.25) is 0 Å². The number of hydrogen-bond donors (Lipinski definition) is 1. The molecule has 5 heteroatoms. The van der Waals surface area contributed by atoms with Crippen molar-refractivity contribution in [1.29, 1.82) is 0 Å². The number of likely N-dealkylation sites (tertiary alicyclic amines) is 1. The molecule has 20 heavy (non-hydrogen) atoms. The molecule has 1 aromatic heterocycles. The van der Waals surface area contributed by atoms with Crippen LogP contribution >= 0.6 is 0 Å². The summed E-state index contributed by atoms with van der Waals surface area (Å²) in [4.78, 5) is 17.2. The van der Waals surface area contributed by atoms with Crippen LogP contribution in [0.3, 0.4) is 0 Å². The lowest BCUT2D eigenvalue weighted by molar-refractivity contribution is 0.287. The average Bonchev–Trinajstić information content (AvgIpc) is 2.93. The Hall–Kier alpha value is -1.33. The summed E-state index contributed by atoms with van der Waals surface area (Å²) in [6.45, 7) is 5.29. The van der Waals surface area contributed by atoms with Crippen LogP contribution in [0.25, 0.3) is 0 Å².